The molecule has 0 aliphatic rings. The molecule has 102 valence electrons. The molecule has 0 spiro atoms. The van der Waals surface area contributed by atoms with Gasteiger partial charge in [0.15, 0.2) is 5.82 Å². The van der Waals surface area contributed by atoms with E-state index in [1.54, 1.807) is 0 Å². The van der Waals surface area contributed by atoms with Crippen molar-refractivity contribution >= 4 is 5.82 Å². The fourth-order valence-corrected chi connectivity index (χ4v) is 1.88. The van der Waals surface area contributed by atoms with E-state index in [0.717, 1.165) is 12.1 Å². The van der Waals surface area contributed by atoms with E-state index in [1.165, 1.54) is 10.7 Å². The van der Waals surface area contributed by atoms with Crippen LogP contribution in [-0.2, 0) is 5.41 Å². The molecular formula is C13H16F2N4. The minimum Gasteiger partial charge on any atom is -0.382 e. The minimum atomic E-state index is -0.717. The lowest BCUT2D eigenvalue weighted by atomic mass is 9.96. The van der Waals surface area contributed by atoms with Crippen LogP contribution in [0.3, 0.4) is 0 Å². The van der Waals surface area contributed by atoms with Crippen LogP contribution in [0.25, 0.3) is 11.3 Å². The van der Waals surface area contributed by atoms with E-state index >= 15 is 0 Å². The van der Waals surface area contributed by atoms with E-state index in [-0.39, 0.29) is 22.5 Å². The number of anilines is 1. The Kier molecular flexibility index (Phi) is 2.96. The topological polar surface area (TPSA) is 69.9 Å². The Hall–Kier alpha value is -2.11. The lowest BCUT2D eigenvalue weighted by Gasteiger charge is -2.17. The normalized spacial score (nSPS) is 11.8. The molecule has 0 saturated carbocycles. The Morgan fingerprint density at radius 2 is 1.68 bits per heavy atom. The highest BCUT2D eigenvalue weighted by atomic mass is 19.1. The molecule has 0 radical (unpaired) electrons. The third-order valence-electron chi connectivity index (χ3n) is 2.82. The summed E-state index contributed by atoms with van der Waals surface area (Å²) in [5.74, 6) is 4.87. The van der Waals surface area contributed by atoms with E-state index in [1.807, 2.05) is 20.8 Å². The van der Waals surface area contributed by atoms with E-state index in [2.05, 4.69) is 4.98 Å². The molecule has 0 bridgehead atoms. The quantitative estimate of drug-likeness (QED) is 0.779. The van der Waals surface area contributed by atoms with Crippen molar-refractivity contribution in [3.8, 4) is 11.3 Å². The molecule has 1 aromatic heterocycles. The zero-order valence-electron chi connectivity index (χ0n) is 11.0. The van der Waals surface area contributed by atoms with Gasteiger partial charge in [0, 0.05) is 5.41 Å². The summed E-state index contributed by atoms with van der Waals surface area (Å²) < 4.78 is 28.7. The SMILES string of the molecule is CC(C)(C)c1nc(-c2c(F)cccc2F)c(N)n1N. The fraction of sp³-hybridized carbons (Fsp3) is 0.308. The summed E-state index contributed by atoms with van der Waals surface area (Å²) >= 11 is 0. The Balaban J connectivity index is 2.72. The van der Waals surface area contributed by atoms with Gasteiger partial charge in [0.1, 0.15) is 23.2 Å². The highest BCUT2D eigenvalue weighted by Gasteiger charge is 2.26. The molecule has 1 aromatic carbocycles. The molecule has 19 heavy (non-hydrogen) atoms. The number of nitrogens with zero attached hydrogens (tertiary/aromatic N) is 2. The molecule has 0 unspecified atom stereocenters. The van der Waals surface area contributed by atoms with Gasteiger partial charge in [-0.1, -0.05) is 26.8 Å². The lowest BCUT2D eigenvalue weighted by molar-refractivity contribution is 0.531. The number of benzene rings is 1. The number of nitrogens with two attached hydrogens (primary N) is 2. The van der Waals surface area contributed by atoms with E-state index in [9.17, 15) is 8.78 Å². The lowest BCUT2D eigenvalue weighted by Crippen LogP contribution is -2.24. The van der Waals surface area contributed by atoms with Crippen molar-refractivity contribution in [3.63, 3.8) is 0 Å². The number of hydrogen-bond donors (Lipinski definition) is 2. The first-order valence-corrected chi connectivity index (χ1v) is 5.81. The molecule has 0 aliphatic heterocycles. The van der Waals surface area contributed by atoms with Crippen molar-refractivity contribution in [2.45, 2.75) is 26.2 Å². The van der Waals surface area contributed by atoms with Gasteiger partial charge in [0.05, 0.1) is 5.56 Å². The first-order chi connectivity index (χ1) is 8.73. The first-order valence-electron chi connectivity index (χ1n) is 5.81. The largest absolute Gasteiger partial charge is 0.382 e. The summed E-state index contributed by atoms with van der Waals surface area (Å²) in [6, 6.07) is 3.60. The average Bonchev–Trinajstić information content (AvgIpc) is 2.57. The molecule has 0 saturated heterocycles. The highest BCUT2D eigenvalue weighted by Crippen LogP contribution is 2.33. The second-order valence-corrected chi connectivity index (χ2v) is 5.39. The molecule has 0 amide bonds. The summed E-state index contributed by atoms with van der Waals surface area (Å²) in [5.41, 5.74) is 5.20. The van der Waals surface area contributed by atoms with Crippen molar-refractivity contribution in [2.24, 2.45) is 0 Å². The third-order valence-corrected chi connectivity index (χ3v) is 2.82. The maximum absolute atomic E-state index is 13.8. The minimum absolute atomic E-state index is 0.0306. The van der Waals surface area contributed by atoms with Gasteiger partial charge in [0.2, 0.25) is 0 Å². The van der Waals surface area contributed by atoms with Gasteiger partial charge in [-0.15, -0.1) is 0 Å². The maximum atomic E-state index is 13.8. The van der Waals surface area contributed by atoms with E-state index < -0.39 is 11.6 Å². The maximum Gasteiger partial charge on any atom is 0.151 e. The standard InChI is InChI=1S/C13H16F2N4/c1-13(2,3)12-18-10(11(16)19(12)17)9-7(14)5-4-6-8(9)15/h4-6H,16-17H2,1-3H3. The molecule has 0 atom stereocenters. The molecule has 0 fully saturated rings. The predicted octanol–water partition coefficient (Wildman–Crippen LogP) is 2.42. The van der Waals surface area contributed by atoms with Gasteiger partial charge in [-0.25, -0.2) is 18.4 Å². The Bertz CT molecular complexity index is 606. The van der Waals surface area contributed by atoms with Gasteiger partial charge in [-0.3, -0.25) is 0 Å². The molecule has 2 aromatic rings. The van der Waals surface area contributed by atoms with Crippen LogP contribution in [0.5, 0.6) is 0 Å². The second kappa shape index (κ2) is 4.22. The van der Waals surface area contributed by atoms with Crippen LogP contribution in [0.4, 0.5) is 14.6 Å². The first kappa shape index (κ1) is 13.3. The zero-order valence-corrected chi connectivity index (χ0v) is 11.0. The molecular weight excluding hydrogens is 250 g/mol. The van der Waals surface area contributed by atoms with Crippen molar-refractivity contribution in [1.29, 1.82) is 0 Å². The highest BCUT2D eigenvalue weighted by molar-refractivity contribution is 5.72. The summed E-state index contributed by atoms with van der Waals surface area (Å²) in [6.45, 7) is 5.67. The summed E-state index contributed by atoms with van der Waals surface area (Å²) in [4.78, 5) is 4.21. The summed E-state index contributed by atoms with van der Waals surface area (Å²) in [5, 5.41) is 0. The smallest absolute Gasteiger partial charge is 0.151 e. The third kappa shape index (κ3) is 2.14. The number of halogens is 2. The van der Waals surface area contributed by atoms with Crippen molar-refractivity contribution in [2.75, 3.05) is 11.6 Å². The van der Waals surface area contributed by atoms with Crippen LogP contribution >= 0.6 is 0 Å². The molecule has 4 N–H and O–H groups in total. The number of nitrogen functional groups attached to an aromatic ring is 2. The monoisotopic (exact) mass is 266 g/mol. The number of imidazole rings is 1. The predicted molar refractivity (Wildman–Crippen MR) is 70.8 cm³/mol. The van der Waals surface area contributed by atoms with E-state index in [0.29, 0.717) is 5.82 Å². The van der Waals surface area contributed by atoms with Gasteiger partial charge in [-0.05, 0) is 12.1 Å². The van der Waals surface area contributed by atoms with Crippen LogP contribution in [0.15, 0.2) is 18.2 Å². The van der Waals surface area contributed by atoms with Crippen LogP contribution in [0, 0.1) is 11.6 Å². The van der Waals surface area contributed by atoms with Crippen molar-refractivity contribution in [3.05, 3.63) is 35.7 Å². The Morgan fingerprint density at radius 3 is 2.11 bits per heavy atom. The summed E-state index contributed by atoms with van der Waals surface area (Å²) in [7, 11) is 0. The molecule has 4 nitrogen and oxygen atoms in total. The second-order valence-electron chi connectivity index (χ2n) is 5.39. The van der Waals surface area contributed by atoms with Crippen LogP contribution < -0.4 is 11.6 Å². The molecule has 6 heteroatoms. The van der Waals surface area contributed by atoms with Gasteiger partial charge >= 0.3 is 0 Å². The van der Waals surface area contributed by atoms with E-state index in [4.69, 9.17) is 11.6 Å². The molecule has 2 rings (SSSR count). The average molecular weight is 266 g/mol. The summed E-state index contributed by atoms with van der Waals surface area (Å²) in [6.07, 6.45) is 0. The van der Waals surface area contributed by atoms with Crippen molar-refractivity contribution in [1.82, 2.24) is 9.66 Å². The van der Waals surface area contributed by atoms with Gasteiger partial charge < -0.3 is 11.6 Å². The number of rotatable bonds is 1. The Morgan fingerprint density at radius 1 is 1.16 bits per heavy atom. The van der Waals surface area contributed by atoms with Crippen LogP contribution in [0.1, 0.15) is 26.6 Å². The molecule has 0 aliphatic carbocycles. The number of aromatic nitrogens is 2. The van der Waals surface area contributed by atoms with Crippen molar-refractivity contribution < 1.29 is 8.78 Å². The zero-order chi connectivity index (χ0) is 14.4. The molecule has 1 heterocycles. The van der Waals surface area contributed by atoms with Gasteiger partial charge in [-0.2, -0.15) is 0 Å². The number of hydrogen-bond acceptors (Lipinski definition) is 3. The Labute approximate surface area is 110 Å². The van der Waals surface area contributed by atoms with Crippen LogP contribution in [0.2, 0.25) is 0 Å². The fourth-order valence-electron chi connectivity index (χ4n) is 1.88. The van der Waals surface area contributed by atoms with Gasteiger partial charge in [0.25, 0.3) is 0 Å². The van der Waals surface area contributed by atoms with Crippen LogP contribution in [-0.4, -0.2) is 9.66 Å².